The highest BCUT2D eigenvalue weighted by Gasteiger charge is 2.27. The van der Waals surface area contributed by atoms with Crippen LogP contribution in [-0.4, -0.2) is 43.0 Å². The highest BCUT2D eigenvalue weighted by atomic mass is 35.5. The summed E-state index contributed by atoms with van der Waals surface area (Å²) in [6.07, 6.45) is 0. The third kappa shape index (κ3) is 5.28. The van der Waals surface area contributed by atoms with Crippen molar-refractivity contribution in [3.63, 3.8) is 0 Å². The molecular weight excluding hydrogens is 390 g/mol. The first-order valence-electron chi connectivity index (χ1n) is 9.61. The fourth-order valence-corrected chi connectivity index (χ4v) is 3.24. The van der Waals surface area contributed by atoms with Gasteiger partial charge in [0, 0.05) is 24.2 Å². The largest absolute Gasteiger partial charge is 0.482 e. The maximum absolute atomic E-state index is 12.6. The van der Waals surface area contributed by atoms with Gasteiger partial charge in [0.2, 0.25) is 5.91 Å². The van der Waals surface area contributed by atoms with Crippen molar-refractivity contribution in [2.24, 2.45) is 0 Å². The lowest BCUT2D eigenvalue weighted by atomic mass is 10.1. The van der Waals surface area contributed by atoms with Crippen LogP contribution >= 0.6 is 11.6 Å². The molecule has 2 aromatic rings. The van der Waals surface area contributed by atoms with Crippen molar-refractivity contribution in [1.29, 1.82) is 0 Å². The molecule has 1 aliphatic heterocycles. The van der Waals surface area contributed by atoms with Gasteiger partial charge in [-0.3, -0.25) is 19.4 Å². The van der Waals surface area contributed by atoms with Crippen molar-refractivity contribution in [2.75, 3.05) is 25.1 Å². The lowest BCUT2D eigenvalue weighted by Crippen LogP contribution is -2.45. The van der Waals surface area contributed by atoms with E-state index in [9.17, 15) is 9.59 Å². The molecule has 0 aliphatic carbocycles. The predicted molar refractivity (Wildman–Crippen MR) is 114 cm³/mol. The van der Waals surface area contributed by atoms with Crippen LogP contribution in [0.15, 0.2) is 42.5 Å². The van der Waals surface area contributed by atoms with E-state index in [0.29, 0.717) is 29.0 Å². The Bertz CT molecular complexity index is 901. The lowest BCUT2D eigenvalue weighted by Gasteiger charge is -2.29. The number of carbonyl (C=O) groups is 2. The van der Waals surface area contributed by atoms with Crippen LogP contribution in [0.5, 0.6) is 5.75 Å². The summed E-state index contributed by atoms with van der Waals surface area (Å²) in [5.74, 6) is 0.0379. The summed E-state index contributed by atoms with van der Waals surface area (Å²) < 4.78 is 5.42. The van der Waals surface area contributed by atoms with Crippen LogP contribution in [0.4, 0.5) is 5.69 Å². The Morgan fingerprint density at radius 3 is 2.69 bits per heavy atom. The number of nitrogens with zero attached hydrogens (tertiary/aromatic N) is 2. The fraction of sp³-hybridized carbons (Fsp3) is 0.364. The molecule has 154 valence electrons. The van der Waals surface area contributed by atoms with Crippen molar-refractivity contribution >= 4 is 29.1 Å². The van der Waals surface area contributed by atoms with Gasteiger partial charge in [-0.05, 0) is 50.2 Å². The normalized spacial score (nSPS) is 13.4. The van der Waals surface area contributed by atoms with Crippen LogP contribution in [0, 0.1) is 0 Å². The first-order chi connectivity index (χ1) is 13.8. The highest BCUT2D eigenvalue weighted by Crippen LogP contribution is 2.34. The van der Waals surface area contributed by atoms with Gasteiger partial charge >= 0.3 is 0 Å². The molecule has 0 bridgehead atoms. The predicted octanol–water partition coefficient (Wildman–Crippen LogP) is 3.22. The summed E-state index contributed by atoms with van der Waals surface area (Å²) in [4.78, 5) is 28.5. The number of nitrogens with one attached hydrogen (secondary N) is 1. The monoisotopic (exact) mass is 415 g/mol. The molecule has 2 aromatic carbocycles. The number of halogens is 1. The summed E-state index contributed by atoms with van der Waals surface area (Å²) in [6.45, 7) is 5.33. The summed E-state index contributed by atoms with van der Waals surface area (Å²) in [5, 5.41) is 3.41. The molecule has 3 rings (SSSR count). The summed E-state index contributed by atoms with van der Waals surface area (Å²) in [5.41, 5.74) is 2.75. The fourth-order valence-electron chi connectivity index (χ4n) is 3.08. The number of amides is 2. The number of rotatable bonds is 7. The molecule has 0 fully saturated rings. The lowest BCUT2D eigenvalue weighted by molar-refractivity contribution is -0.125. The Morgan fingerprint density at radius 1 is 1.24 bits per heavy atom. The van der Waals surface area contributed by atoms with E-state index in [1.165, 1.54) is 10.5 Å². The van der Waals surface area contributed by atoms with Gasteiger partial charge in [-0.15, -0.1) is 0 Å². The maximum Gasteiger partial charge on any atom is 0.265 e. The Kier molecular flexibility index (Phi) is 6.77. The Labute approximate surface area is 176 Å². The quantitative estimate of drug-likeness (QED) is 0.754. The zero-order valence-corrected chi connectivity index (χ0v) is 17.7. The van der Waals surface area contributed by atoms with Crippen molar-refractivity contribution in [3.05, 3.63) is 58.6 Å². The Morgan fingerprint density at radius 2 is 1.97 bits per heavy atom. The maximum atomic E-state index is 12.6. The number of carbonyl (C=O) groups excluding carboxylic acids is 2. The van der Waals surface area contributed by atoms with Gasteiger partial charge in [0.1, 0.15) is 12.3 Å². The van der Waals surface area contributed by atoms with Crippen molar-refractivity contribution in [2.45, 2.75) is 33.0 Å². The second-order valence-electron chi connectivity index (χ2n) is 7.43. The molecule has 6 nitrogen and oxygen atoms in total. The third-order valence-corrected chi connectivity index (χ3v) is 5.30. The van der Waals surface area contributed by atoms with E-state index < -0.39 is 0 Å². The van der Waals surface area contributed by atoms with E-state index in [-0.39, 0.29) is 25.0 Å². The molecule has 0 spiro atoms. The summed E-state index contributed by atoms with van der Waals surface area (Å²) in [7, 11) is 2.08. The average Bonchev–Trinajstić information content (AvgIpc) is 2.69. The molecule has 1 heterocycles. The molecule has 0 aromatic heterocycles. The van der Waals surface area contributed by atoms with Gasteiger partial charge in [-0.25, -0.2) is 0 Å². The van der Waals surface area contributed by atoms with Crippen LogP contribution in [0.3, 0.4) is 0 Å². The zero-order valence-electron chi connectivity index (χ0n) is 16.9. The SMILES string of the molecule is CC(C)N(C)Cc1ccccc1CNC(=O)CN1C(=O)COc2ccc(Cl)cc21. The molecular formula is C22H26ClN3O3. The van der Waals surface area contributed by atoms with Gasteiger partial charge in [0.25, 0.3) is 5.91 Å². The third-order valence-electron chi connectivity index (χ3n) is 5.06. The second-order valence-corrected chi connectivity index (χ2v) is 7.87. The van der Waals surface area contributed by atoms with E-state index in [2.05, 4.69) is 37.2 Å². The van der Waals surface area contributed by atoms with Gasteiger partial charge in [-0.2, -0.15) is 0 Å². The van der Waals surface area contributed by atoms with Crippen LogP contribution in [0.25, 0.3) is 0 Å². The van der Waals surface area contributed by atoms with Crippen LogP contribution in [0.1, 0.15) is 25.0 Å². The summed E-state index contributed by atoms with van der Waals surface area (Å²) >= 11 is 6.05. The molecule has 0 saturated carbocycles. The molecule has 7 heteroatoms. The number of benzene rings is 2. The van der Waals surface area contributed by atoms with Gasteiger partial charge in [0.05, 0.1) is 5.69 Å². The molecule has 1 N–H and O–H groups in total. The smallest absolute Gasteiger partial charge is 0.265 e. The number of hydrogen-bond acceptors (Lipinski definition) is 4. The molecule has 2 amide bonds. The number of fused-ring (bicyclic) bond motifs is 1. The Hall–Kier alpha value is -2.57. The van der Waals surface area contributed by atoms with E-state index in [1.54, 1.807) is 18.2 Å². The van der Waals surface area contributed by atoms with E-state index >= 15 is 0 Å². The zero-order chi connectivity index (χ0) is 21.0. The Balaban J connectivity index is 1.66. The van der Waals surface area contributed by atoms with Crippen LogP contribution in [-0.2, 0) is 22.7 Å². The molecule has 1 aliphatic rings. The highest BCUT2D eigenvalue weighted by molar-refractivity contribution is 6.31. The van der Waals surface area contributed by atoms with E-state index in [0.717, 1.165) is 12.1 Å². The minimum absolute atomic E-state index is 0.0798. The van der Waals surface area contributed by atoms with Gasteiger partial charge in [0.15, 0.2) is 6.61 Å². The molecule has 0 radical (unpaired) electrons. The molecule has 0 saturated heterocycles. The standard InChI is InChI=1S/C22H26ClN3O3/c1-15(2)25(3)12-17-7-5-4-6-16(17)11-24-21(27)13-26-19-10-18(23)8-9-20(19)29-14-22(26)28/h4-10,15H,11-14H2,1-3H3,(H,24,27). The van der Waals surface area contributed by atoms with Gasteiger partial charge in [-0.1, -0.05) is 35.9 Å². The van der Waals surface area contributed by atoms with Gasteiger partial charge < -0.3 is 10.1 Å². The first kappa shape index (κ1) is 21.1. The minimum Gasteiger partial charge on any atom is -0.482 e. The first-order valence-corrected chi connectivity index (χ1v) is 9.99. The number of anilines is 1. The number of hydrogen-bond donors (Lipinski definition) is 1. The van der Waals surface area contributed by atoms with Crippen molar-refractivity contribution in [3.8, 4) is 5.75 Å². The van der Waals surface area contributed by atoms with E-state index in [4.69, 9.17) is 16.3 Å². The average molecular weight is 416 g/mol. The second kappa shape index (κ2) is 9.29. The molecule has 29 heavy (non-hydrogen) atoms. The molecule has 0 unspecified atom stereocenters. The van der Waals surface area contributed by atoms with E-state index in [1.807, 2.05) is 18.2 Å². The van der Waals surface area contributed by atoms with Crippen molar-refractivity contribution in [1.82, 2.24) is 10.2 Å². The van der Waals surface area contributed by atoms with Crippen molar-refractivity contribution < 1.29 is 14.3 Å². The van der Waals surface area contributed by atoms with Crippen LogP contribution in [0.2, 0.25) is 5.02 Å². The summed E-state index contributed by atoms with van der Waals surface area (Å²) in [6, 6.07) is 13.5. The number of ether oxygens (including phenoxy) is 1. The van der Waals surface area contributed by atoms with Crippen LogP contribution < -0.4 is 15.0 Å². The molecule has 0 atom stereocenters. The minimum atomic E-state index is -0.270. The topological polar surface area (TPSA) is 61.9 Å².